The Morgan fingerprint density at radius 3 is 2.42 bits per heavy atom. The third kappa shape index (κ3) is 9.33. The Morgan fingerprint density at radius 1 is 1.07 bits per heavy atom. The van der Waals surface area contributed by atoms with Crippen molar-refractivity contribution in [3.05, 3.63) is 35.9 Å². The number of carbonyl (C=O) groups excluding carboxylic acids is 3. The molecule has 5 N–H and O–H groups in total. The summed E-state index contributed by atoms with van der Waals surface area (Å²) in [5.74, 6) is -2.45. The minimum Gasteiger partial charge on any atom is -0.480 e. The van der Waals surface area contributed by atoms with Crippen molar-refractivity contribution < 1.29 is 37.9 Å². The first kappa shape index (κ1) is 31.6. The lowest BCUT2D eigenvalue weighted by Crippen LogP contribution is -2.52. The molecule has 3 rings (SSSR count). The molecule has 0 bridgehead atoms. The van der Waals surface area contributed by atoms with Crippen LogP contribution in [-0.2, 0) is 39.2 Å². The Balaban J connectivity index is 1.66. The van der Waals surface area contributed by atoms with E-state index >= 15 is 0 Å². The fourth-order valence-corrected chi connectivity index (χ4v) is 5.48. The van der Waals surface area contributed by atoms with Crippen molar-refractivity contribution in [3.63, 3.8) is 0 Å². The van der Waals surface area contributed by atoms with Crippen molar-refractivity contribution >= 4 is 31.9 Å². The Labute approximate surface area is 235 Å². The van der Waals surface area contributed by atoms with Crippen molar-refractivity contribution in [3.8, 4) is 0 Å². The number of amides is 3. The van der Waals surface area contributed by atoms with Crippen LogP contribution in [0.15, 0.2) is 30.3 Å². The Hall–Kier alpha value is -2.92. The van der Waals surface area contributed by atoms with E-state index in [0.717, 1.165) is 24.8 Å². The maximum Gasteiger partial charge on any atom is 0.700 e. The monoisotopic (exact) mass is 579 g/mol. The van der Waals surface area contributed by atoms with Gasteiger partial charge in [0.1, 0.15) is 12.1 Å². The summed E-state index contributed by atoms with van der Waals surface area (Å²) < 4.78 is 23.8. The van der Waals surface area contributed by atoms with Crippen molar-refractivity contribution in [2.75, 3.05) is 13.1 Å². The molecule has 1 heterocycles. The normalized spacial score (nSPS) is 19.7. The molecule has 220 valence electrons. The van der Waals surface area contributed by atoms with Gasteiger partial charge in [-0.05, 0) is 64.0 Å². The number of hydrogen-bond acceptors (Lipinski definition) is 8. The maximum absolute atomic E-state index is 13.3. The molecule has 40 heavy (non-hydrogen) atoms. The van der Waals surface area contributed by atoms with E-state index in [1.165, 1.54) is 11.8 Å². The van der Waals surface area contributed by atoms with Gasteiger partial charge in [0, 0.05) is 23.4 Å². The van der Waals surface area contributed by atoms with Crippen LogP contribution in [-0.4, -0.2) is 71.2 Å². The van der Waals surface area contributed by atoms with Crippen LogP contribution >= 0.6 is 8.25 Å². The molecule has 12 nitrogen and oxygen atoms in total. The van der Waals surface area contributed by atoms with Gasteiger partial charge >= 0.3 is 14.2 Å². The van der Waals surface area contributed by atoms with E-state index in [1.54, 1.807) is 0 Å². The molecule has 1 saturated heterocycles. The summed E-state index contributed by atoms with van der Waals surface area (Å²) in [5, 5.41) is 14.9. The molecule has 3 amide bonds. The summed E-state index contributed by atoms with van der Waals surface area (Å²) in [7, 11) is -2.88. The predicted octanol–water partition coefficient (Wildman–Crippen LogP) is 2.24. The Kier molecular flexibility index (Phi) is 12.5. The van der Waals surface area contributed by atoms with Gasteiger partial charge in [0.2, 0.25) is 11.8 Å². The summed E-state index contributed by atoms with van der Waals surface area (Å²) in [5.41, 5.74) is 6.40. The average Bonchev–Trinajstić information content (AvgIpc) is 3.37. The lowest BCUT2D eigenvalue weighted by atomic mass is 9.84. The largest absolute Gasteiger partial charge is 0.700 e. The number of aliphatic carboxylic acids is 1. The van der Waals surface area contributed by atoms with Gasteiger partial charge in [-0.25, -0.2) is 4.79 Å². The quantitative estimate of drug-likeness (QED) is 0.130. The summed E-state index contributed by atoms with van der Waals surface area (Å²) in [4.78, 5) is 51.3. The molecule has 1 aromatic rings. The first-order valence-corrected chi connectivity index (χ1v) is 15.0. The number of rotatable bonds is 16. The summed E-state index contributed by atoms with van der Waals surface area (Å²) in [6.07, 6.45) is 3.01. The van der Waals surface area contributed by atoms with Crippen molar-refractivity contribution in [2.24, 2.45) is 11.7 Å². The van der Waals surface area contributed by atoms with E-state index in [9.17, 15) is 28.8 Å². The van der Waals surface area contributed by atoms with Crippen LogP contribution in [0.25, 0.3) is 0 Å². The SMILES string of the molecule is CC(O[P+](=O)O[C@@H](Cc1ccccc1)NC(=O)[C@H](CCCCN)NC(=O)C1CCC1)C(=O)N1CCC[C@H]1C(=O)O. The van der Waals surface area contributed by atoms with Crippen molar-refractivity contribution in [1.82, 2.24) is 15.5 Å². The third-order valence-electron chi connectivity index (χ3n) is 7.25. The summed E-state index contributed by atoms with van der Waals surface area (Å²) in [6.45, 7) is 2.11. The second-order valence-corrected chi connectivity index (χ2v) is 11.1. The fourth-order valence-electron chi connectivity index (χ4n) is 4.75. The molecule has 0 aromatic heterocycles. The van der Waals surface area contributed by atoms with Gasteiger partial charge in [0.05, 0.1) is 0 Å². The zero-order valence-corrected chi connectivity index (χ0v) is 23.7. The van der Waals surface area contributed by atoms with Gasteiger partial charge in [0.15, 0.2) is 12.3 Å². The van der Waals surface area contributed by atoms with Gasteiger partial charge in [-0.15, -0.1) is 4.52 Å². The van der Waals surface area contributed by atoms with Gasteiger partial charge in [-0.2, -0.15) is 0 Å². The molecule has 13 heteroatoms. The van der Waals surface area contributed by atoms with E-state index in [2.05, 4.69) is 10.6 Å². The fraction of sp³-hybridized carbons (Fsp3) is 0.630. The van der Waals surface area contributed by atoms with Crippen LogP contribution in [0, 0.1) is 5.92 Å². The van der Waals surface area contributed by atoms with Crippen molar-refractivity contribution in [2.45, 2.75) is 89.1 Å². The topological polar surface area (TPSA) is 177 Å². The molecule has 5 atom stereocenters. The van der Waals surface area contributed by atoms with Gasteiger partial charge < -0.3 is 26.4 Å². The first-order chi connectivity index (χ1) is 19.2. The van der Waals surface area contributed by atoms with Gasteiger partial charge in [0.25, 0.3) is 5.91 Å². The number of hydrogen-bond donors (Lipinski definition) is 4. The number of nitrogens with zero attached hydrogens (tertiary/aromatic N) is 1. The number of unbranched alkanes of at least 4 members (excludes halogenated alkanes) is 1. The van der Waals surface area contributed by atoms with Crippen molar-refractivity contribution in [1.29, 1.82) is 0 Å². The van der Waals surface area contributed by atoms with Crippen LogP contribution in [0.5, 0.6) is 0 Å². The van der Waals surface area contributed by atoms with Crippen LogP contribution < -0.4 is 16.4 Å². The van der Waals surface area contributed by atoms with Crippen LogP contribution in [0.1, 0.15) is 63.9 Å². The Bertz CT molecular complexity index is 1040. The zero-order valence-electron chi connectivity index (χ0n) is 22.8. The van der Waals surface area contributed by atoms with E-state index in [0.29, 0.717) is 38.6 Å². The molecular formula is C27H40N4O8P+. The minimum atomic E-state index is -2.88. The molecule has 2 aliphatic rings. The minimum absolute atomic E-state index is 0.0978. The maximum atomic E-state index is 13.3. The lowest BCUT2D eigenvalue weighted by Gasteiger charge is -2.27. The van der Waals surface area contributed by atoms with Gasteiger partial charge in [-0.1, -0.05) is 41.3 Å². The first-order valence-electron chi connectivity index (χ1n) is 13.9. The van der Waals surface area contributed by atoms with E-state index in [-0.39, 0.29) is 24.8 Å². The molecule has 1 aliphatic heterocycles. The summed E-state index contributed by atoms with van der Waals surface area (Å²) >= 11 is 0. The molecule has 1 aliphatic carbocycles. The predicted molar refractivity (Wildman–Crippen MR) is 146 cm³/mol. The standard InChI is InChI=1S/C27H39N4O8P/c1-18(26(34)31-16-8-14-22(31)27(35)36)38-40(37)39-23(17-19-9-3-2-4-10-19)30-25(33)21(13-5-6-15-28)29-24(32)20-11-7-12-20/h2-4,9-10,18,20-23H,5-8,11-17,28H2,1H3,(H2-,29,30,32,33,35,36)/p+1/t18?,21-,22-,23-/m0/s1. The highest BCUT2D eigenvalue weighted by Gasteiger charge is 2.41. The third-order valence-corrected chi connectivity index (χ3v) is 8.16. The number of benzene rings is 1. The van der Waals surface area contributed by atoms with Gasteiger partial charge in [-0.3, -0.25) is 14.4 Å². The van der Waals surface area contributed by atoms with E-state index in [4.69, 9.17) is 14.8 Å². The molecule has 2 unspecified atom stereocenters. The van der Waals surface area contributed by atoms with Crippen LogP contribution in [0.3, 0.4) is 0 Å². The smallest absolute Gasteiger partial charge is 0.480 e. The highest BCUT2D eigenvalue weighted by Crippen LogP contribution is 2.31. The lowest BCUT2D eigenvalue weighted by molar-refractivity contribution is -0.151. The van der Waals surface area contributed by atoms with Crippen LogP contribution in [0.4, 0.5) is 0 Å². The highest BCUT2D eigenvalue weighted by molar-refractivity contribution is 7.33. The number of nitrogens with two attached hydrogens (primary N) is 1. The number of likely N-dealkylation sites (tertiary alicyclic amines) is 1. The molecule has 2 fully saturated rings. The van der Waals surface area contributed by atoms with E-state index < -0.39 is 50.5 Å². The molecule has 1 aromatic carbocycles. The highest BCUT2D eigenvalue weighted by atomic mass is 31.1. The Morgan fingerprint density at radius 2 is 1.80 bits per heavy atom. The second kappa shape index (κ2) is 15.8. The number of nitrogens with one attached hydrogen (secondary N) is 2. The summed E-state index contributed by atoms with van der Waals surface area (Å²) in [6, 6.07) is 7.33. The van der Waals surface area contributed by atoms with Crippen LogP contribution in [0.2, 0.25) is 0 Å². The molecule has 0 radical (unpaired) electrons. The number of carbonyl (C=O) groups is 4. The number of carboxylic acid groups (broad SMARTS) is 1. The second-order valence-electron chi connectivity index (χ2n) is 10.3. The molecule has 0 spiro atoms. The zero-order chi connectivity index (χ0) is 29.1. The van der Waals surface area contributed by atoms with E-state index in [1.807, 2.05) is 30.3 Å². The average molecular weight is 580 g/mol. The molecular weight excluding hydrogens is 539 g/mol. The molecule has 1 saturated carbocycles. The number of carboxylic acids is 1.